The smallest absolute Gasteiger partial charge is 0.00111 e. The fourth-order valence-corrected chi connectivity index (χ4v) is 3.32. The van der Waals surface area contributed by atoms with Gasteiger partial charge < -0.3 is 5.32 Å². The van der Waals surface area contributed by atoms with Crippen LogP contribution in [0.25, 0.3) is 0 Å². The molecule has 0 aromatic carbocycles. The molecule has 1 N–H and O–H groups in total. The van der Waals surface area contributed by atoms with Crippen LogP contribution >= 0.6 is 0 Å². The first kappa shape index (κ1) is 8.55. The molecule has 0 aromatic rings. The first-order valence-corrected chi connectivity index (χ1v) is 5.25. The van der Waals surface area contributed by atoms with E-state index in [0.717, 1.165) is 5.92 Å². The molecule has 2 aliphatic rings. The largest absolute Gasteiger partial charge is 0.316 e. The molecule has 0 amide bonds. The van der Waals surface area contributed by atoms with Gasteiger partial charge in [-0.25, -0.2) is 0 Å². The Bertz CT molecular complexity index is 172. The number of rotatable bonds is 0. The van der Waals surface area contributed by atoms with E-state index in [0.29, 0.717) is 10.8 Å². The summed E-state index contributed by atoms with van der Waals surface area (Å²) in [7, 11) is 0. The maximum absolute atomic E-state index is 3.52. The number of hydrogen-bond donors (Lipinski definition) is 1. The maximum atomic E-state index is 3.52. The van der Waals surface area contributed by atoms with Crippen molar-refractivity contribution < 1.29 is 0 Å². The van der Waals surface area contributed by atoms with Gasteiger partial charge in [-0.05, 0) is 42.6 Å². The molecule has 1 saturated carbocycles. The molecule has 70 valence electrons. The average molecular weight is 167 g/mol. The molecule has 1 aliphatic carbocycles. The van der Waals surface area contributed by atoms with Gasteiger partial charge in [0, 0.05) is 6.54 Å². The van der Waals surface area contributed by atoms with Gasteiger partial charge >= 0.3 is 0 Å². The van der Waals surface area contributed by atoms with Crippen molar-refractivity contribution >= 4 is 0 Å². The summed E-state index contributed by atoms with van der Waals surface area (Å²) in [5.41, 5.74) is 1.24. The van der Waals surface area contributed by atoms with Gasteiger partial charge in [0.1, 0.15) is 0 Å². The number of hydrogen-bond acceptors (Lipinski definition) is 1. The van der Waals surface area contributed by atoms with E-state index in [9.17, 15) is 0 Å². The molecule has 1 saturated heterocycles. The van der Waals surface area contributed by atoms with Crippen molar-refractivity contribution in [2.75, 3.05) is 13.1 Å². The predicted octanol–water partition coefficient (Wildman–Crippen LogP) is 2.42. The molecule has 2 fully saturated rings. The van der Waals surface area contributed by atoms with E-state index >= 15 is 0 Å². The van der Waals surface area contributed by atoms with E-state index in [-0.39, 0.29) is 0 Å². The minimum Gasteiger partial charge on any atom is -0.316 e. The Kier molecular flexibility index (Phi) is 1.76. The SMILES string of the molecule is CC(C)(C)C1CCC12CCNC2. The highest BCUT2D eigenvalue weighted by atomic mass is 14.9. The van der Waals surface area contributed by atoms with Crippen molar-refractivity contribution in [2.24, 2.45) is 16.7 Å². The van der Waals surface area contributed by atoms with Crippen molar-refractivity contribution in [3.05, 3.63) is 0 Å². The van der Waals surface area contributed by atoms with Gasteiger partial charge in [-0.2, -0.15) is 0 Å². The maximum Gasteiger partial charge on any atom is 0.00111 e. The molecule has 1 aliphatic heterocycles. The summed E-state index contributed by atoms with van der Waals surface area (Å²) in [5, 5.41) is 3.52. The fraction of sp³-hybridized carbons (Fsp3) is 1.00. The molecule has 2 rings (SSSR count). The standard InChI is InChI=1S/C11H21N/c1-10(2,3)9-4-5-11(9)6-7-12-8-11/h9,12H,4-8H2,1-3H3. The van der Waals surface area contributed by atoms with Crippen LogP contribution in [0.1, 0.15) is 40.0 Å². The van der Waals surface area contributed by atoms with Crippen molar-refractivity contribution in [1.82, 2.24) is 5.32 Å². The second-order valence-electron chi connectivity index (χ2n) is 5.75. The molecule has 1 heteroatoms. The van der Waals surface area contributed by atoms with Crippen molar-refractivity contribution in [3.8, 4) is 0 Å². The lowest BCUT2D eigenvalue weighted by Gasteiger charge is -2.53. The van der Waals surface area contributed by atoms with Crippen LogP contribution < -0.4 is 5.32 Å². The van der Waals surface area contributed by atoms with Gasteiger partial charge in [-0.15, -0.1) is 0 Å². The van der Waals surface area contributed by atoms with Crippen LogP contribution in [0, 0.1) is 16.7 Å². The van der Waals surface area contributed by atoms with E-state index in [1.54, 1.807) is 0 Å². The normalized spacial score (nSPS) is 41.8. The minimum atomic E-state index is 0.532. The summed E-state index contributed by atoms with van der Waals surface area (Å²) in [6.07, 6.45) is 4.36. The molecule has 1 heterocycles. The Morgan fingerprint density at radius 1 is 1.25 bits per heavy atom. The average Bonchev–Trinajstić information content (AvgIpc) is 2.28. The second kappa shape index (κ2) is 2.47. The Morgan fingerprint density at radius 2 is 2.00 bits per heavy atom. The van der Waals surface area contributed by atoms with Gasteiger partial charge in [0.25, 0.3) is 0 Å². The zero-order chi connectivity index (χ0) is 8.82. The molecule has 1 spiro atoms. The van der Waals surface area contributed by atoms with E-state index in [1.807, 2.05) is 0 Å². The summed E-state index contributed by atoms with van der Waals surface area (Å²) >= 11 is 0. The number of nitrogens with one attached hydrogen (secondary N) is 1. The highest BCUT2D eigenvalue weighted by Gasteiger charge is 2.52. The summed E-state index contributed by atoms with van der Waals surface area (Å²) in [6.45, 7) is 9.74. The van der Waals surface area contributed by atoms with Crippen molar-refractivity contribution in [3.63, 3.8) is 0 Å². The summed E-state index contributed by atoms with van der Waals surface area (Å²) in [5.74, 6) is 0.972. The highest BCUT2D eigenvalue weighted by Crippen LogP contribution is 2.57. The molecule has 2 atom stereocenters. The van der Waals surface area contributed by atoms with Gasteiger partial charge in [-0.3, -0.25) is 0 Å². The topological polar surface area (TPSA) is 12.0 Å². The molecule has 0 bridgehead atoms. The Hall–Kier alpha value is -0.0400. The van der Waals surface area contributed by atoms with Gasteiger partial charge in [-0.1, -0.05) is 20.8 Å². The van der Waals surface area contributed by atoms with Gasteiger partial charge in [0.05, 0.1) is 0 Å². The van der Waals surface area contributed by atoms with E-state index in [4.69, 9.17) is 0 Å². The molecular formula is C11H21N. The summed E-state index contributed by atoms with van der Waals surface area (Å²) in [6, 6.07) is 0. The van der Waals surface area contributed by atoms with Crippen LogP contribution in [0.5, 0.6) is 0 Å². The Balaban J connectivity index is 2.09. The first-order valence-electron chi connectivity index (χ1n) is 5.25. The molecule has 2 unspecified atom stereocenters. The predicted molar refractivity (Wildman–Crippen MR) is 52.1 cm³/mol. The lowest BCUT2D eigenvalue weighted by Crippen LogP contribution is -2.48. The van der Waals surface area contributed by atoms with Crippen LogP contribution in [0.4, 0.5) is 0 Å². The summed E-state index contributed by atoms with van der Waals surface area (Å²) < 4.78 is 0. The first-order chi connectivity index (χ1) is 5.55. The highest BCUT2D eigenvalue weighted by molar-refractivity contribution is 5.04. The minimum absolute atomic E-state index is 0.532. The van der Waals surface area contributed by atoms with Crippen molar-refractivity contribution in [2.45, 2.75) is 40.0 Å². The molecule has 0 radical (unpaired) electrons. The second-order valence-corrected chi connectivity index (χ2v) is 5.75. The molecule has 0 aromatic heterocycles. The van der Waals surface area contributed by atoms with Crippen LogP contribution in [-0.2, 0) is 0 Å². The quantitative estimate of drug-likeness (QED) is 0.584. The van der Waals surface area contributed by atoms with Crippen LogP contribution in [0.3, 0.4) is 0 Å². The molecular weight excluding hydrogens is 146 g/mol. The molecule has 1 nitrogen and oxygen atoms in total. The van der Waals surface area contributed by atoms with E-state index < -0.39 is 0 Å². The van der Waals surface area contributed by atoms with E-state index in [1.165, 1.54) is 32.4 Å². The van der Waals surface area contributed by atoms with E-state index in [2.05, 4.69) is 26.1 Å². The Morgan fingerprint density at radius 3 is 2.33 bits per heavy atom. The third-order valence-electron chi connectivity index (χ3n) is 3.99. The summed E-state index contributed by atoms with van der Waals surface area (Å²) in [4.78, 5) is 0. The van der Waals surface area contributed by atoms with Gasteiger partial charge in [0.2, 0.25) is 0 Å². The van der Waals surface area contributed by atoms with Crippen LogP contribution in [0.15, 0.2) is 0 Å². The third-order valence-corrected chi connectivity index (χ3v) is 3.99. The Labute approximate surface area is 75.9 Å². The lowest BCUT2D eigenvalue weighted by molar-refractivity contribution is -0.0302. The third kappa shape index (κ3) is 1.10. The molecule has 12 heavy (non-hydrogen) atoms. The van der Waals surface area contributed by atoms with Crippen LogP contribution in [0.2, 0.25) is 0 Å². The van der Waals surface area contributed by atoms with Crippen molar-refractivity contribution in [1.29, 1.82) is 0 Å². The van der Waals surface area contributed by atoms with Crippen LogP contribution in [-0.4, -0.2) is 13.1 Å². The fourth-order valence-electron chi connectivity index (χ4n) is 3.32. The zero-order valence-corrected chi connectivity index (χ0v) is 8.61. The zero-order valence-electron chi connectivity index (χ0n) is 8.61. The monoisotopic (exact) mass is 167 g/mol. The van der Waals surface area contributed by atoms with Gasteiger partial charge in [0.15, 0.2) is 0 Å². The lowest BCUT2D eigenvalue weighted by atomic mass is 9.51.